The highest BCUT2D eigenvalue weighted by atomic mass is 35.5. The number of methoxy groups -OCH3 is 3. The number of nitrogens with zero attached hydrogens (tertiary/aromatic N) is 2. The molecule has 0 saturated carbocycles. The van der Waals surface area contributed by atoms with Crippen LogP contribution in [-0.4, -0.2) is 26.3 Å². The van der Waals surface area contributed by atoms with Crippen LogP contribution in [0, 0.1) is 11.3 Å². The molecule has 0 atom stereocenters. The molecule has 0 aliphatic rings. The summed E-state index contributed by atoms with van der Waals surface area (Å²) in [7, 11) is 4.69. The van der Waals surface area contributed by atoms with Crippen molar-refractivity contribution in [2.45, 2.75) is 0 Å². The molecule has 0 aliphatic heterocycles. The van der Waals surface area contributed by atoms with E-state index in [0.29, 0.717) is 32.8 Å². The third kappa shape index (κ3) is 4.62. The lowest BCUT2D eigenvalue weighted by Crippen LogP contribution is -1.96. The first kappa shape index (κ1) is 20.5. The Hall–Kier alpha value is -3.21. The van der Waals surface area contributed by atoms with Gasteiger partial charge in [0.2, 0.25) is 0 Å². The van der Waals surface area contributed by atoms with Gasteiger partial charge in [0.15, 0.2) is 0 Å². The highest BCUT2D eigenvalue weighted by molar-refractivity contribution is 7.11. The van der Waals surface area contributed by atoms with Crippen LogP contribution in [0.5, 0.6) is 17.2 Å². The molecule has 2 aromatic carbocycles. The number of benzene rings is 2. The van der Waals surface area contributed by atoms with Crippen molar-refractivity contribution in [3.63, 3.8) is 0 Å². The van der Waals surface area contributed by atoms with Crippen molar-refractivity contribution >= 4 is 34.2 Å². The molecule has 0 spiro atoms. The van der Waals surface area contributed by atoms with Gasteiger partial charge in [-0.05, 0) is 12.1 Å². The fourth-order valence-corrected chi connectivity index (χ4v) is 3.60. The number of nitriles is 1. The normalized spacial score (nSPS) is 10.9. The molecule has 148 valence electrons. The zero-order valence-electron chi connectivity index (χ0n) is 16.0. The zero-order chi connectivity index (χ0) is 20.8. The molecule has 0 bridgehead atoms. The number of hydrogen-bond acceptors (Lipinski definition) is 7. The number of halogens is 1. The van der Waals surface area contributed by atoms with Crippen LogP contribution in [0.2, 0.25) is 5.02 Å². The van der Waals surface area contributed by atoms with E-state index in [9.17, 15) is 5.26 Å². The van der Waals surface area contributed by atoms with Crippen LogP contribution in [-0.2, 0) is 0 Å². The Morgan fingerprint density at radius 1 is 1.14 bits per heavy atom. The van der Waals surface area contributed by atoms with Gasteiger partial charge < -0.3 is 19.5 Å². The predicted octanol–water partition coefficient (Wildman–Crippen LogP) is 5.47. The van der Waals surface area contributed by atoms with Crippen LogP contribution in [0.25, 0.3) is 16.8 Å². The minimum atomic E-state index is 0.389. The Labute approximate surface area is 177 Å². The Morgan fingerprint density at radius 2 is 1.93 bits per heavy atom. The van der Waals surface area contributed by atoms with Crippen molar-refractivity contribution in [2.75, 3.05) is 26.6 Å². The molecule has 6 nitrogen and oxygen atoms in total. The number of anilines is 1. The third-order valence-corrected chi connectivity index (χ3v) is 5.24. The second kappa shape index (κ2) is 9.32. The lowest BCUT2D eigenvalue weighted by molar-refractivity contribution is 0.405. The molecule has 0 amide bonds. The molecule has 0 unspecified atom stereocenters. The maximum atomic E-state index is 9.60. The number of aromatic nitrogens is 1. The van der Waals surface area contributed by atoms with Gasteiger partial charge in [-0.1, -0.05) is 23.7 Å². The van der Waals surface area contributed by atoms with Crippen LogP contribution in [0.4, 0.5) is 5.69 Å². The molecule has 0 radical (unpaired) electrons. The van der Waals surface area contributed by atoms with E-state index in [2.05, 4.69) is 16.4 Å². The van der Waals surface area contributed by atoms with E-state index in [1.807, 2.05) is 29.6 Å². The number of thiazole rings is 1. The molecule has 1 aromatic heterocycles. The van der Waals surface area contributed by atoms with Gasteiger partial charge in [0.05, 0.1) is 37.7 Å². The van der Waals surface area contributed by atoms with Crippen molar-refractivity contribution < 1.29 is 14.2 Å². The van der Waals surface area contributed by atoms with Crippen molar-refractivity contribution in [2.24, 2.45) is 0 Å². The first-order valence-corrected chi connectivity index (χ1v) is 9.74. The first-order chi connectivity index (χ1) is 14.1. The van der Waals surface area contributed by atoms with Gasteiger partial charge in [0, 0.05) is 29.3 Å². The van der Waals surface area contributed by atoms with Gasteiger partial charge in [0.1, 0.15) is 33.9 Å². The summed E-state index contributed by atoms with van der Waals surface area (Å²) in [5.74, 6) is 1.77. The molecule has 0 fully saturated rings. The molecule has 1 heterocycles. The summed E-state index contributed by atoms with van der Waals surface area (Å²) in [6.07, 6.45) is 1.58. The summed E-state index contributed by atoms with van der Waals surface area (Å²) in [6.45, 7) is 0. The van der Waals surface area contributed by atoms with Crippen molar-refractivity contribution in [1.82, 2.24) is 4.98 Å². The number of hydrogen-bond donors (Lipinski definition) is 1. The molecule has 1 N–H and O–H groups in total. The molecule has 0 saturated heterocycles. The molecular weight excluding hydrogens is 410 g/mol. The topological polar surface area (TPSA) is 76.4 Å². The van der Waals surface area contributed by atoms with E-state index in [4.69, 9.17) is 25.8 Å². The number of allylic oxidation sites excluding steroid dienone is 1. The smallest absolute Gasteiger partial charge is 0.144 e. The standard InChI is InChI=1S/C21H18ClN3O3S/c1-26-15-6-4-5-13(7-15)18-12-29-21(25-18)14(10-23)11-24-17-9-19(27-2)16(22)8-20(17)28-3/h4-9,11-12,24H,1-3H3/b14-11+. The second-order valence-electron chi connectivity index (χ2n) is 5.77. The highest BCUT2D eigenvalue weighted by Gasteiger charge is 2.12. The Kier molecular flexibility index (Phi) is 6.60. The van der Waals surface area contributed by atoms with Gasteiger partial charge in [-0.25, -0.2) is 4.98 Å². The van der Waals surface area contributed by atoms with Crippen LogP contribution in [0.3, 0.4) is 0 Å². The van der Waals surface area contributed by atoms with Crippen LogP contribution >= 0.6 is 22.9 Å². The molecule has 29 heavy (non-hydrogen) atoms. The minimum Gasteiger partial charge on any atom is -0.497 e. The molecule has 3 aromatic rings. The SMILES string of the molecule is COc1cccc(-c2csc(/C(C#N)=C/Nc3cc(OC)c(Cl)cc3OC)n2)c1. The van der Waals surface area contributed by atoms with Gasteiger partial charge >= 0.3 is 0 Å². The molecule has 8 heteroatoms. The lowest BCUT2D eigenvalue weighted by Gasteiger charge is -2.12. The third-order valence-electron chi connectivity index (χ3n) is 4.07. The summed E-state index contributed by atoms with van der Waals surface area (Å²) in [5, 5.41) is 15.6. The molecule has 3 rings (SSSR count). The number of rotatable bonds is 7. The van der Waals surface area contributed by atoms with Gasteiger partial charge in [-0.15, -0.1) is 11.3 Å². The summed E-state index contributed by atoms with van der Waals surface area (Å²) >= 11 is 7.52. The van der Waals surface area contributed by atoms with Crippen LogP contribution in [0.15, 0.2) is 48.0 Å². The van der Waals surface area contributed by atoms with Crippen molar-refractivity contribution in [3.05, 3.63) is 58.0 Å². The summed E-state index contributed by atoms with van der Waals surface area (Å²) in [6, 6.07) is 13.1. The van der Waals surface area contributed by atoms with Crippen LogP contribution < -0.4 is 19.5 Å². The number of nitrogens with one attached hydrogen (secondary N) is 1. The second-order valence-corrected chi connectivity index (χ2v) is 7.04. The fourth-order valence-electron chi connectivity index (χ4n) is 2.58. The molecule has 0 aliphatic carbocycles. The summed E-state index contributed by atoms with van der Waals surface area (Å²) < 4.78 is 15.8. The average molecular weight is 428 g/mol. The van der Waals surface area contributed by atoms with E-state index < -0.39 is 0 Å². The quantitative estimate of drug-likeness (QED) is 0.504. The minimum absolute atomic E-state index is 0.389. The predicted molar refractivity (Wildman–Crippen MR) is 116 cm³/mol. The summed E-state index contributed by atoms with van der Waals surface area (Å²) in [5.41, 5.74) is 2.70. The van der Waals surface area contributed by atoms with E-state index in [1.165, 1.54) is 18.4 Å². The zero-order valence-corrected chi connectivity index (χ0v) is 17.6. The van der Waals surface area contributed by atoms with Crippen molar-refractivity contribution in [1.29, 1.82) is 5.26 Å². The average Bonchev–Trinajstić information content (AvgIpc) is 3.24. The van der Waals surface area contributed by atoms with Crippen LogP contribution in [0.1, 0.15) is 5.01 Å². The maximum absolute atomic E-state index is 9.60. The van der Waals surface area contributed by atoms with Gasteiger partial charge in [-0.3, -0.25) is 0 Å². The monoisotopic (exact) mass is 427 g/mol. The fraction of sp³-hybridized carbons (Fsp3) is 0.143. The van der Waals surface area contributed by atoms with E-state index >= 15 is 0 Å². The Morgan fingerprint density at radius 3 is 2.62 bits per heavy atom. The highest BCUT2D eigenvalue weighted by Crippen LogP contribution is 2.36. The van der Waals surface area contributed by atoms with E-state index in [-0.39, 0.29) is 0 Å². The molecular formula is C21H18ClN3O3S. The maximum Gasteiger partial charge on any atom is 0.144 e. The van der Waals surface area contributed by atoms with E-state index in [0.717, 1.165) is 17.0 Å². The Balaban J connectivity index is 1.88. The number of ether oxygens (including phenoxy) is 3. The van der Waals surface area contributed by atoms with Crippen molar-refractivity contribution in [3.8, 4) is 34.6 Å². The Bertz CT molecular complexity index is 1090. The summed E-state index contributed by atoms with van der Waals surface area (Å²) in [4.78, 5) is 4.58. The largest absolute Gasteiger partial charge is 0.497 e. The van der Waals surface area contributed by atoms with Gasteiger partial charge in [0.25, 0.3) is 0 Å². The van der Waals surface area contributed by atoms with E-state index in [1.54, 1.807) is 32.6 Å². The lowest BCUT2D eigenvalue weighted by atomic mass is 10.1. The first-order valence-electron chi connectivity index (χ1n) is 8.48. The van der Waals surface area contributed by atoms with Gasteiger partial charge in [-0.2, -0.15) is 5.26 Å².